The van der Waals surface area contributed by atoms with Gasteiger partial charge in [-0.3, -0.25) is 9.59 Å². The van der Waals surface area contributed by atoms with Crippen LogP contribution in [0.4, 0.5) is 0 Å². The normalized spacial score (nSPS) is 21.9. The number of nitrogens with zero attached hydrogens (tertiary/aromatic N) is 1. The number of ether oxygens (including phenoxy) is 2. The highest BCUT2D eigenvalue weighted by Crippen LogP contribution is 2.21. The number of aliphatic carboxylic acids is 1. The van der Waals surface area contributed by atoms with E-state index in [1.54, 1.807) is 12.0 Å². The molecule has 2 atom stereocenters. The summed E-state index contributed by atoms with van der Waals surface area (Å²) >= 11 is 1.50. The number of amides is 1. The van der Waals surface area contributed by atoms with Crippen LogP contribution in [0.25, 0.3) is 0 Å². The molecule has 0 bridgehead atoms. The van der Waals surface area contributed by atoms with Gasteiger partial charge < -0.3 is 19.5 Å². The quantitative estimate of drug-likeness (QED) is 0.632. The first kappa shape index (κ1) is 17.3. The average molecular weight is 305 g/mol. The minimum Gasteiger partial charge on any atom is -0.481 e. The first-order valence-corrected chi connectivity index (χ1v) is 7.94. The maximum atomic E-state index is 12.3. The zero-order chi connectivity index (χ0) is 15.0. The Balaban J connectivity index is 2.58. The molecule has 1 aliphatic heterocycles. The highest BCUT2D eigenvalue weighted by Gasteiger charge is 2.39. The molecule has 0 aromatic rings. The molecule has 0 saturated carbocycles. The van der Waals surface area contributed by atoms with Crippen molar-refractivity contribution in [2.45, 2.75) is 19.4 Å². The molecule has 1 N–H and O–H groups in total. The maximum absolute atomic E-state index is 12.3. The van der Waals surface area contributed by atoms with Gasteiger partial charge in [-0.1, -0.05) is 6.92 Å². The number of hydrogen-bond donors (Lipinski definition) is 1. The summed E-state index contributed by atoms with van der Waals surface area (Å²) in [5.74, 6) is -0.421. The van der Waals surface area contributed by atoms with E-state index in [1.807, 2.05) is 6.92 Å². The van der Waals surface area contributed by atoms with Crippen LogP contribution >= 0.6 is 11.8 Å². The van der Waals surface area contributed by atoms with Crippen molar-refractivity contribution in [2.24, 2.45) is 5.92 Å². The van der Waals surface area contributed by atoms with Gasteiger partial charge in [-0.15, -0.1) is 11.8 Å². The number of carbonyl (C=O) groups is 2. The fourth-order valence-electron chi connectivity index (χ4n) is 2.19. The smallest absolute Gasteiger partial charge is 0.311 e. The molecule has 1 heterocycles. The van der Waals surface area contributed by atoms with E-state index in [4.69, 9.17) is 9.47 Å². The summed E-state index contributed by atoms with van der Waals surface area (Å²) in [6, 6.07) is -0.344. The van der Waals surface area contributed by atoms with Crippen LogP contribution in [0.1, 0.15) is 13.3 Å². The molecular weight excluding hydrogens is 282 g/mol. The topological polar surface area (TPSA) is 76.1 Å². The Labute approximate surface area is 123 Å². The molecule has 0 aromatic heterocycles. The number of carboxylic acid groups (broad SMARTS) is 1. The van der Waals surface area contributed by atoms with Crippen molar-refractivity contribution < 1.29 is 24.2 Å². The van der Waals surface area contributed by atoms with Gasteiger partial charge in [0.05, 0.1) is 31.6 Å². The van der Waals surface area contributed by atoms with Gasteiger partial charge in [0.25, 0.3) is 0 Å². The van der Waals surface area contributed by atoms with E-state index in [-0.39, 0.29) is 18.6 Å². The van der Waals surface area contributed by atoms with Crippen LogP contribution in [0.5, 0.6) is 0 Å². The Morgan fingerprint density at radius 1 is 1.45 bits per heavy atom. The Bertz CT molecular complexity index is 326. The van der Waals surface area contributed by atoms with E-state index in [0.29, 0.717) is 25.5 Å². The van der Waals surface area contributed by atoms with Gasteiger partial charge >= 0.3 is 5.97 Å². The Hall–Kier alpha value is -0.790. The van der Waals surface area contributed by atoms with E-state index in [0.717, 1.165) is 12.2 Å². The molecule has 2 unspecified atom stereocenters. The summed E-state index contributed by atoms with van der Waals surface area (Å²) in [7, 11) is 1.62. The fraction of sp³-hybridized carbons (Fsp3) is 0.846. The summed E-state index contributed by atoms with van der Waals surface area (Å²) in [6.07, 6.45) is 0.803. The number of hydrogen-bond acceptors (Lipinski definition) is 5. The third-order valence-electron chi connectivity index (χ3n) is 3.21. The number of carboxylic acids is 1. The lowest BCUT2D eigenvalue weighted by Gasteiger charge is -2.30. The van der Waals surface area contributed by atoms with Gasteiger partial charge in [0, 0.05) is 19.4 Å². The standard InChI is InChI=1S/C13H23NO5S/c1-3-4-14(12(15)9-20-6-5-18-2)11-8-19-7-10(11)13(16)17/h10-11H,3-9H2,1-2H3,(H,16,17). The predicted molar refractivity (Wildman–Crippen MR) is 76.9 cm³/mol. The van der Waals surface area contributed by atoms with Crippen molar-refractivity contribution >= 4 is 23.6 Å². The van der Waals surface area contributed by atoms with Crippen molar-refractivity contribution in [1.82, 2.24) is 4.90 Å². The number of thioether (sulfide) groups is 1. The van der Waals surface area contributed by atoms with E-state index < -0.39 is 11.9 Å². The van der Waals surface area contributed by atoms with Crippen molar-refractivity contribution in [3.05, 3.63) is 0 Å². The largest absolute Gasteiger partial charge is 0.481 e. The Morgan fingerprint density at radius 2 is 2.20 bits per heavy atom. The van der Waals surface area contributed by atoms with Crippen molar-refractivity contribution in [1.29, 1.82) is 0 Å². The fourth-order valence-corrected chi connectivity index (χ4v) is 2.96. The number of methoxy groups -OCH3 is 1. The number of carbonyl (C=O) groups excluding carboxylic acids is 1. The van der Waals surface area contributed by atoms with E-state index >= 15 is 0 Å². The zero-order valence-corrected chi connectivity index (χ0v) is 12.9. The molecular formula is C13H23NO5S. The lowest BCUT2D eigenvalue weighted by Crippen LogP contribution is -2.47. The zero-order valence-electron chi connectivity index (χ0n) is 12.0. The second-order valence-electron chi connectivity index (χ2n) is 4.68. The molecule has 1 fully saturated rings. The van der Waals surface area contributed by atoms with Crippen LogP contribution in [-0.2, 0) is 19.1 Å². The lowest BCUT2D eigenvalue weighted by molar-refractivity contribution is -0.144. The van der Waals surface area contributed by atoms with E-state index in [2.05, 4.69) is 0 Å². The molecule has 0 aliphatic carbocycles. The van der Waals surface area contributed by atoms with Crippen LogP contribution in [-0.4, -0.2) is 72.9 Å². The highest BCUT2D eigenvalue weighted by molar-refractivity contribution is 7.99. The highest BCUT2D eigenvalue weighted by atomic mass is 32.2. The first-order chi connectivity index (χ1) is 9.61. The molecule has 1 aliphatic rings. The van der Waals surface area contributed by atoms with Gasteiger partial charge in [-0.2, -0.15) is 0 Å². The van der Waals surface area contributed by atoms with Crippen LogP contribution < -0.4 is 0 Å². The van der Waals surface area contributed by atoms with Crippen molar-refractivity contribution in [3.63, 3.8) is 0 Å². The third kappa shape index (κ3) is 4.96. The van der Waals surface area contributed by atoms with Crippen LogP contribution in [0.2, 0.25) is 0 Å². The molecule has 6 nitrogen and oxygen atoms in total. The molecule has 7 heteroatoms. The lowest BCUT2D eigenvalue weighted by atomic mass is 10.0. The number of rotatable bonds is 9. The summed E-state index contributed by atoms with van der Waals surface area (Å²) in [4.78, 5) is 25.1. The SMILES string of the molecule is CCCN(C(=O)CSCCOC)C1COCC1C(=O)O. The molecule has 1 saturated heterocycles. The molecule has 1 rings (SSSR count). The summed E-state index contributed by atoms with van der Waals surface area (Å²) < 4.78 is 10.2. The Kier molecular flexibility index (Phi) is 7.94. The minimum absolute atomic E-state index is 0.0188. The molecule has 116 valence electrons. The second kappa shape index (κ2) is 9.20. The summed E-state index contributed by atoms with van der Waals surface area (Å²) in [5, 5.41) is 9.19. The Morgan fingerprint density at radius 3 is 2.80 bits per heavy atom. The van der Waals surface area contributed by atoms with Gasteiger partial charge in [0.1, 0.15) is 5.92 Å². The maximum Gasteiger partial charge on any atom is 0.311 e. The van der Waals surface area contributed by atoms with E-state index in [9.17, 15) is 14.7 Å². The summed E-state index contributed by atoms with van der Waals surface area (Å²) in [5.41, 5.74) is 0. The van der Waals surface area contributed by atoms with Gasteiger partial charge in [0.15, 0.2) is 0 Å². The molecule has 0 radical (unpaired) electrons. The average Bonchev–Trinajstić information content (AvgIpc) is 2.90. The summed E-state index contributed by atoms with van der Waals surface area (Å²) in [6.45, 7) is 3.65. The van der Waals surface area contributed by atoms with Crippen LogP contribution in [0, 0.1) is 5.92 Å². The molecule has 20 heavy (non-hydrogen) atoms. The molecule has 0 aromatic carbocycles. The molecule has 0 spiro atoms. The monoisotopic (exact) mass is 305 g/mol. The van der Waals surface area contributed by atoms with Crippen molar-refractivity contribution in [3.8, 4) is 0 Å². The third-order valence-corrected chi connectivity index (χ3v) is 4.12. The minimum atomic E-state index is -0.895. The van der Waals surface area contributed by atoms with Crippen LogP contribution in [0.15, 0.2) is 0 Å². The van der Waals surface area contributed by atoms with E-state index in [1.165, 1.54) is 11.8 Å². The molecule has 1 amide bonds. The van der Waals surface area contributed by atoms with Gasteiger partial charge in [-0.25, -0.2) is 0 Å². The second-order valence-corrected chi connectivity index (χ2v) is 5.79. The predicted octanol–water partition coefficient (Wildman–Crippen LogP) is 0.704. The van der Waals surface area contributed by atoms with Gasteiger partial charge in [0.2, 0.25) is 5.91 Å². The van der Waals surface area contributed by atoms with Gasteiger partial charge in [-0.05, 0) is 6.42 Å². The van der Waals surface area contributed by atoms with Crippen LogP contribution in [0.3, 0.4) is 0 Å². The first-order valence-electron chi connectivity index (χ1n) is 6.78. The van der Waals surface area contributed by atoms with Crippen molar-refractivity contribution in [2.75, 3.05) is 45.0 Å².